The van der Waals surface area contributed by atoms with Crippen LogP contribution in [0.5, 0.6) is 0 Å². The number of amides is 1. The van der Waals surface area contributed by atoms with Crippen molar-refractivity contribution in [3.63, 3.8) is 0 Å². The van der Waals surface area contributed by atoms with Crippen LogP contribution in [0.4, 0.5) is 0 Å². The molecule has 130 valence electrons. The number of carbonyl (C=O) groups excluding carboxylic acids is 4. The molecule has 0 aromatic rings. The molecule has 0 heterocycles. The van der Waals surface area contributed by atoms with Crippen LogP contribution in [0.2, 0.25) is 0 Å². The number of rotatable bonds is 7. The fraction of sp³-hybridized carbons (Fsp3) is 0.714. The van der Waals surface area contributed by atoms with Gasteiger partial charge in [0.1, 0.15) is 34.2 Å². The molecule has 0 aromatic carbocycles. The highest BCUT2D eigenvalue weighted by atomic mass is 127. The molecule has 0 aliphatic heterocycles. The van der Waals surface area contributed by atoms with Crippen LogP contribution in [0.3, 0.4) is 0 Å². The Balaban J connectivity index is 3.19. The summed E-state index contributed by atoms with van der Waals surface area (Å²) in [6.07, 6.45) is 0.805. The van der Waals surface area contributed by atoms with Crippen molar-refractivity contribution in [3.8, 4) is 0 Å². The molecule has 1 aliphatic rings. The number of hydrogen-bond acceptors (Lipinski definition) is 7. The summed E-state index contributed by atoms with van der Waals surface area (Å²) in [6, 6.07) is -1.21. The minimum absolute atomic E-state index is 0.121. The minimum atomic E-state index is -1.45. The average Bonchev–Trinajstić information content (AvgIpc) is 2.88. The summed E-state index contributed by atoms with van der Waals surface area (Å²) >= 11 is 1.46. The van der Waals surface area contributed by atoms with Gasteiger partial charge in [-0.15, -0.1) is 0 Å². The molecule has 0 spiro atoms. The summed E-state index contributed by atoms with van der Waals surface area (Å²) < 4.78 is 14.6. The molecule has 1 aliphatic carbocycles. The highest BCUT2D eigenvalue weighted by Gasteiger charge is 2.53. The average molecular weight is 441 g/mol. The Kier molecular flexibility index (Phi) is 7.39. The number of ketones is 1. The third-order valence-electron chi connectivity index (χ3n) is 3.89. The lowest BCUT2D eigenvalue weighted by Crippen LogP contribution is -2.49. The first kappa shape index (κ1) is 19.8. The van der Waals surface area contributed by atoms with Crippen molar-refractivity contribution in [2.75, 3.05) is 13.7 Å². The van der Waals surface area contributed by atoms with E-state index in [1.807, 2.05) is 0 Å². The molecule has 0 bridgehead atoms. The highest BCUT2D eigenvalue weighted by molar-refractivity contribution is 14.1. The molecule has 0 radical (unpaired) electrons. The molecular formula is C14H20INO7. The molecular weight excluding hydrogens is 421 g/mol. The molecule has 0 unspecified atom stereocenters. The number of methoxy groups -OCH3 is 1. The van der Waals surface area contributed by atoms with E-state index in [1.165, 1.54) is 29.9 Å². The van der Waals surface area contributed by atoms with E-state index in [1.54, 1.807) is 6.92 Å². The third-order valence-corrected chi connectivity index (χ3v) is 4.31. The van der Waals surface area contributed by atoms with Gasteiger partial charge in [-0.3, -0.25) is 14.4 Å². The van der Waals surface area contributed by atoms with Gasteiger partial charge in [0.05, 0.1) is 13.7 Å². The quantitative estimate of drug-likeness (QED) is 0.255. The van der Waals surface area contributed by atoms with Crippen LogP contribution in [-0.4, -0.2) is 48.5 Å². The smallest absolute Gasteiger partial charge is 0.331 e. The van der Waals surface area contributed by atoms with Crippen LogP contribution in [0.25, 0.3) is 0 Å². The molecule has 0 aromatic heterocycles. The van der Waals surface area contributed by atoms with Crippen molar-refractivity contribution in [1.82, 2.24) is 5.06 Å². The van der Waals surface area contributed by atoms with Gasteiger partial charge in [-0.05, 0) is 19.8 Å². The van der Waals surface area contributed by atoms with Crippen LogP contribution in [0, 0.1) is 5.41 Å². The van der Waals surface area contributed by atoms with Crippen molar-refractivity contribution < 1.29 is 31.8 Å². The van der Waals surface area contributed by atoms with E-state index in [9.17, 15) is 19.2 Å². The SMILES string of the molecule is CCOC(=O)[C@]1(C[C@@H](C(=O)OC)N(OI)C(C)=O)CCCC1=O. The Hall–Kier alpha value is -1.23. The standard InChI is InChI=1S/C14H20INO7/c1-4-22-13(20)14(7-5-6-11(14)18)8-10(12(19)21-3)16(23-15)9(2)17/h10H,4-8H2,1-3H3/t10-,14-/m0/s1. The lowest BCUT2D eigenvalue weighted by atomic mass is 9.78. The van der Waals surface area contributed by atoms with Crippen molar-refractivity contribution in [2.45, 2.75) is 45.6 Å². The number of carbonyl (C=O) groups is 4. The molecule has 1 amide bonds. The van der Waals surface area contributed by atoms with E-state index in [0.717, 1.165) is 12.2 Å². The Morgan fingerprint density at radius 1 is 1.39 bits per heavy atom. The predicted octanol–water partition coefficient (Wildman–Crippen LogP) is 1.35. The van der Waals surface area contributed by atoms with Crippen molar-refractivity contribution >= 4 is 46.6 Å². The van der Waals surface area contributed by atoms with Gasteiger partial charge in [-0.1, -0.05) is 0 Å². The zero-order chi connectivity index (χ0) is 17.6. The normalized spacial score (nSPS) is 21.7. The van der Waals surface area contributed by atoms with Gasteiger partial charge in [0, 0.05) is 19.8 Å². The Morgan fingerprint density at radius 3 is 2.43 bits per heavy atom. The summed E-state index contributed by atoms with van der Waals surface area (Å²) in [4.78, 5) is 48.5. The summed E-state index contributed by atoms with van der Waals surface area (Å²) in [7, 11) is 1.16. The van der Waals surface area contributed by atoms with Crippen molar-refractivity contribution in [3.05, 3.63) is 0 Å². The topological polar surface area (TPSA) is 99.2 Å². The number of Topliss-reactive ketones (excluding diaryl/α,β-unsaturated/α-hetero) is 1. The van der Waals surface area contributed by atoms with E-state index < -0.39 is 29.3 Å². The number of hydroxylamine groups is 2. The number of ether oxygens (including phenoxy) is 2. The van der Waals surface area contributed by atoms with E-state index in [4.69, 9.17) is 12.6 Å². The highest BCUT2D eigenvalue weighted by Crippen LogP contribution is 2.41. The summed E-state index contributed by atoms with van der Waals surface area (Å²) in [5, 5.41) is 0.805. The van der Waals surface area contributed by atoms with E-state index in [2.05, 4.69) is 0 Å². The minimum Gasteiger partial charge on any atom is -0.467 e. The fourth-order valence-corrected chi connectivity index (χ4v) is 3.31. The zero-order valence-electron chi connectivity index (χ0n) is 13.3. The monoisotopic (exact) mass is 441 g/mol. The predicted molar refractivity (Wildman–Crippen MR) is 86.0 cm³/mol. The van der Waals surface area contributed by atoms with Crippen LogP contribution in [-0.2, 0) is 31.8 Å². The van der Waals surface area contributed by atoms with Gasteiger partial charge < -0.3 is 9.47 Å². The van der Waals surface area contributed by atoms with Gasteiger partial charge in [0.25, 0.3) is 0 Å². The Morgan fingerprint density at radius 2 is 2.04 bits per heavy atom. The summed E-state index contributed by atoms with van der Waals surface area (Å²) in [5.41, 5.74) is -1.45. The molecule has 1 saturated carbocycles. The maximum absolute atomic E-state index is 12.4. The van der Waals surface area contributed by atoms with Crippen LogP contribution >= 0.6 is 23.0 Å². The fourth-order valence-electron chi connectivity index (χ4n) is 2.76. The first-order valence-electron chi connectivity index (χ1n) is 7.21. The molecule has 23 heavy (non-hydrogen) atoms. The molecule has 0 saturated heterocycles. The molecule has 9 heteroatoms. The molecule has 8 nitrogen and oxygen atoms in total. The maximum atomic E-state index is 12.4. The first-order chi connectivity index (χ1) is 10.8. The molecule has 1 fully saturated rings. The summed E-state index contributed by atoms with van der Waals surface area (Å²) in [5.74, 6) is -2.27. The van der Waals surface area contributed by atoms with Crippen LogP contribution in [0.15, 0.2) is 0 Å². The summed E-state index contributed by atoms with van der Waals surface area (Å²) in [6.45, 7) is 2.97. The van der Waals surface area contributed by atoms with Gasteiger partial charge in [-0.25, -0.2) is 7.96 Å². The maximum Gasteiger partial charge on any atom is 0.331 e. The first-order valence-corrected chi connectivity index (χ1v) is 8.09. The molecule has 1 rings (SSSR count). The molecule has 0 N–H and O–H groups in total. The zero-order valence-corrected chi connectivity index (χ0v) is 15.5. The van der Waals surface area contributed by atoms with Crippen LogP contribution < -0.4 is 0 Å². The second-order valence-electron chi connectivity index (χ2n) is 5.24. The third kappa shape index (κ3) is 4.19. The molecule has 2 atom stereocenters. The van der Waals surface area contributed by atoms with Gasteiger partial charge in [0.2, 0.25) is 5.91 Å². The lowest BCUT2D eigenvalue weighted by molar-refractivity contribution is -0.177. The van der Waals surface area contributed by atoms with E-state index in [0.29, 0.717) is 6.42 Å². The van der Waals surface area contributed by atoms with Gasteiger partial charge >= 0.3 is 11.9 Å². The van der Waals surface area contributed by atoms with Crippen LogP contribution in [0.1, 0.15) is 39.5 Å². The Bertz CT molecular complexity index is 496. The van der Waals surface area contributed by atoms with Gasteiger partial charge in [-0.2, -0.15) is 5.06 Å². The lowest BCUT2D eigenvalue weighted by Gasteiger charge is -2.32. The number of nitrogens with zero attached hydrogens (tertiary/aromatic N) is 1. The van der Waals surface area contributed by atoms with E-state index >= 15 is 0 Å². The Labute approximate surface area is 148 Å². The van der Waals surface area contributed by atoms with E-state index in [-0.39, 0.29) is 31.7 Å². The largest absolute Gasteiger partial charge is 0.467 e. The second-order valence-corrected chi connectivity index (χ2v) is 5.63. The number of esters is 2. The van der Waals surface area contributed by atoms with Crippen molar-refractivity contribution in [1.29, 1.82) is 0 Å². The van der Waals surface area contributed by atoms with Gasteiger partial charge in [0.15, 0.2) is 6.04 Å². The number of halogens is 1. The second kappa shape index (κ2) is 8.57. The van der Waals surface area contributed by atoms with Crippen molar-refractivity contribution in [2.24, 2.45) is 5.41 Å². The number of hydrogen-bond donors (Lipinski definition) is 0.